The van der Waals surface area contributed by atoms with Crippen LogP contribution in [0.4, 0.5) is 0 Å². The quantitative estimate of drug-likeness (QED) is 0.807. The van der Waals surface area contributed by atoms with Crippen molar-refractivity contribution >= 4 is 5.91 Å². The first-order chi connectivity index (χ1) is 9.15. The Labute approximate surface area is 115 Å². The summed E-state index contributed by atoms with van der Waals surface area (Å²) >= 11 is 0. The lowest BCUT2D eigenvalue weighted by molar-refractivity contribution is -0.132. The van der Waals surface area contributed by atoms with Gasteiger partial charge in [-0.3, -0.25) is 9.48 Å². The fourth-order valence-corrected chi connectivity index (χ4v) is 2.80. The number of hydrogen-bond donors (Lipinski definition) is 1. The second kappa shape index (κ2) is 6.70. The summed E-state index contributed by atoms with van der Waals surface area (Å²) in [4.78, 5) is 14.1. The van der Waals surface area contributed by atoms with Gasteiger partial charge in [0.2, 0.25) is 5.91 Å². The number of hydrogen-bond acceptors (Lipinski definition) is 3. The van der Waals surface area contributed by atoms with E-state index in [1.165, 1.54) is 6.42 Å². The molecule has 1 N–H and O–H groups in total. The van der Waals surface area contributed by atoms with Crippen LogP contribution in [0.25, 0.3) is 0 Å². The van der Waals surface area contributed by atoms with E-state index in [0.717, 1.165) is 26.2 Å². The van der Waals surface area contributed by atoms with Crippen LogP contribution >= 0.6 is 0 Å². The maximum Gasteiger partial charge on any atom is 0.236 e. The molecule has 2 heterocycles. The average molecular weight is 264 g/mol. The Kier molecular flexibility index (Phi) is 4.96. The first-order valence-corrected chi connectivity index (χ1v) is 7.11. The molecule has 1 aliphatic heterocycles. The van der Waals surface area contributed by atoms with Crippen LogP contribution in [0.2, 0.25) is 0 Å². The molecule has 2 unspecified atom stereocenters. The summed E-state index contributed by atoms with van der Waals surface area (Å²) in [5, 5.41) is 7.32. The maximum absolute atomic E-state index is 12.1. The van der Waals surface area contributed by atoms with E-state index in [9.17, 15) is 4.79 Å². The molecule has 0 saturated carbocycles. The Morgan fingerprint density at radius 3 is 2.74 bits per heavy atom. The molecule has 2 rings (SSSR count). The second-order valence-electron chi connectivity index (χ2n) is 5.69. The van der Waals surface area contributed by atoms with E-state index in [1.807, 2.05) is 21.8 Å². The highest BCUT2D eigenvalue weighted by atomic mass is 16.2. The van der Waals surface area contributed by atoms with Crippen LogP contribution < -0.4 is 5.32 Å². The molecule has 0 aliphatic carbocycles. The van der Waals surface area contributed by atoms with Crippen molar-refractivity contribution in [3.8, 4) is 0 Å². The summed E-state index contributed by atoms with van der Waals surface area (Å²) in [5.74, 6) is 1.47. The third-order valence-corrected chi connectivity index (χ3v) is 3.57. The van der Waals surface area contributed by atoms with Gasteiger partial charge in [0.1, 0.15) is 0 Å². The molecule has 1 amide bonds. The molecule has 1 aromatic rings. The zero-order chi connectivity index (χ0) is 13.7. The number of carbonyl (C=O) groups is 1. The number of likely N-dealkylation sites (tertiary alicyclic amines) is 1. The predicted molar refractivity (Wildman–Crippen MR) is 74.6 cm³/mol. The van der Waals surface area contributed by atoms with E-state index in [1.54, 1.807) is 6.20 Å². The number of aromatic nitrogens is 2. The molecule has 1 fully saturated rings. The monoisotopic (exact) mass is 264 g/mol. The smallest absolute Gasteiger partial charge is 0.236 e. The minimum absolute atomic E-state index is 0.221. The molecular weight excluding hydrogens is 240 g/mol. The van der Waals surface area contributed by atoms with Crippen LogP contribution in [-0.4, -0.2) is 46.8 Å². The lowest BCUT2D eigenvalue weighted by atomic mass is 9.92. The summed E-state index contributed by atoms with van der Waals surface area (Å²) in [7, 11) is 0. The molecule has 19 heavy (non-hydrogen) atoms. The van der Waals surface area contributed by atoms with E-state index in [0.29, 0.717) is 18.4 Å². The molecule has 0 spiro atoms. The molecule has 1 aliphatic rings. The van der Waals surface area contributed by atoms with Gasteiger partial charge in [-0.15, -0.1) is 0 Å². The number of piperidine rings is 1. The summed E-state index contributed by atoms with van der Waals surface area (Å²) in [6.45, 7) is 8.26. The van der Waals surface area contributed by atoms with Gasteiger partial charge >= 0.3 is 0 Å². The van der Waals surface area contributed by atoms with Crippen LogP contribution in [0.3, 0.4) is 0 Å². The van der Waals surface area contributed by atoms with Crippen molar-refractivity contribution in [1.29, 1.82) is 0 Å². The SMILES string of the molecule is CC1CC(C)CN(C(=O)CNCCn2cccn2)C1. The molecule has 0 radical (unpaired) electrons. The van der Waals surface area contributed by atoms with Crippen LogP contribution in [0.5, 0.6) is 0 Å². The zero-order valence-electron chi connectivity index (χ0n) is 11.9. The molecule has 0 bridgehead atoms. The lowest BCUT2D eigenvalue weighted by Crippen LogP contribution is -2.46. The van der Waals surface area contributed by atoms with Crippen molar-refractivity contribution in [2.45, 2.75) is 26.8 Å². The van der Waals surface area contributed by atoms with Crippen LogP contribution in [0, 0.1) is 11.8 Å². The third kappa shape index (κ3) is 4.35. The summed E-state index contributed by atoms with van der Waals surface area (Å²) in [6, 6.07) is 1.90. The number of amides is 1. The van der Waals surface area contributed by atoms with Crippen molar-refractivity contribution in [1.82, 2.24) is 20.0 Å². The minimum Gasteiger partial charge on any atom is -0.341 e. The Morgan fingerprint density at radius 1 is 1.37 bits per heavy atom. The summed E-state index contributed by atoms with van der Waals surface area (Å²) in [6.07, 6.45) is 4.93. The van der Waals surface area contributed by atoms with Crippen molar-refractivity contribution < 1.29 is 4.79 Å². The van der Waals surface area contributed by atoms with Crippen molar-refractivity contribution in [2.75, 3.05) is 26.2 Å². The normalized spacial score (nSPS) is 23.6. The van der Waals surface area contributed by atoms with Gasteiger partial charge in [-0.1, -0.05) is 13.8 Å². The minimum atomic E-state index is 0.221. The molecule has 5 heteroatoms. The van der Waals surface area contributed by atoms with Crippen LogP contribution in [-0.2, 0) is 11.3 Å². The molecule has 1 saturated heterocycles. The summed E-state index contributed by atoms with van der Waals surface area (Å²) < 4.78 is 1.86. The van der Waals surface area contributed by atoms with Gasteiger partial charge in [-0.05, 0) is 24.3 Å². The molecular formula is C14H24N4O. The van der Waals surface area contributed by atoms with E-state index in [2.05, 4.69) is 24.3 Å². The second-order valence-corrected chi connectivity index (χ2v) is 5.69. The van der Waals surface area contributed by atoms with Crippen molar-refractivity contribution in [2.24, 2.45) is 11.8 Å². The highest BCUT2D eigenvalue weighted by Crippen LogP contribution is 2.20. The lowest BCUT2D eigenvalue weighted by Gasteiger charge is -2.35. The zero-order valence-corrected chi connectivity index (χ0v) is 11.9. The molecule has 5 nitrogen and oxygen atoms in total. The molecule has 0 aromatic carbocycles. The first kappa shape index (κ1) is 14.1. The predicted octanol–water partition coefficient (Wildman–Crippen LogP) is 0.977. The Bertz CT molecular complexity index is 380. The molecule has 2 atom stereocenters. The van der Waals surface area contributed by atoms with E-state index in [4.69, 9.17) is 0 Å². The Balaban J connectivity index is 1.66. The van der Waals surface area contributed by atoms with Crippen molar-refractivity contribution in [3.05, 3.63) is 18.5 Å². The Morgan fingerprint density at radius 2 is 2.11 bits per heavy atom. The van der Waals surface area contributed by atoms with Crippen LogP contribution in [0.15, 0.2) is 18.5 Å². The number of nitrogens with one attached hydrogen (secondary N) is 1. The van der Waals surface area contributed by atoms with Gasteiger partial charge in [0.05, 0.1) is 13.1 Å². The third-order valence-electron chi connectivity index (χ3n) is 3.57. The highest BCUT2D eigenvalue weighted by Gasteiger charge is 2.24. The largest absolute Gasteiger partial charge is 0.341 e. The van der Waals surface area contributed by atoms with E-state index < -0.39 is 0 Å². The highest BCUT2D eigenvalue weighted by molar-refractivity contribution is 5.78. The average Bonchev–Trinajstić information content (AvgIpc) is 2.86. The number of carbonyl (C=O) groups excluding carboxylic acids is 1. The van der Waals surface area contributed by atoms with E-state index in [-0.39, 0.29) is 5.91 Å². The fraction of sp³-hybridized carbons (Fsp3) is 0.714. The molecule has 1 aromatic heterocycles. The van der Waals surface area contributed by atoms with Gasteiger partial charge in [0.25, 0.3) is 0 Å². The van der Waals surface area contributed by atoms with Gasteiger partial charge in [0.15, 0.2) is 0 Å². The Hall–Kier alpha value is -1.36. The number of rotatable bonds is 5. The topological polar surface area (TPSA) is 50.2 Å². The standard InChI is InChI=1S/C14H24N4O/c1-12-8-13(2)11-17(10-12)14(19)9-15-5-7-18-6-3-4-16-18/h3-4,6,12-13,15H,5,7-11H2,1-2H3. The number of nitrogens with zero attached hydrogens (tertiary/aromatic N) is 3. The molecule has 106 valence electrons. The van der Waals surface area contributed by atoms with Crippen LogP contribution in [0.1, 0.15) is 20.3 Å². The first-order valence-electron chi connectivity index (χ1n) is 7.11. The van der Waals surface area contributed by atoms with Gasteiger partial charge in [-0.2, -0.15) is 5.10 Å². The van der Waals surface area contributed by atoms with Gasteiger partial charge in [0, 0.05) is 32.0 Å². The van der Waals surface area contributed by atoms with Gasteiger partial charge < -0.3 is 10.2 Å². The van der Waals surface area contributed by atoms with E-state index >= 15 is 0 Å². The van der Waals surface area contributed by atoms with Gasteiger partial charge in [-0.25, -0.2) is 0 Å². The maximum atomic E-state index is 12.1. The summed E-state index contributed by atoms with van der Waals surface area (Å²) in [5.41, 5.74) is 0. The van der Waals surface area contributed by atoms with Crippen molar-refractivity contribution in [3.63, 3.8) is 0 Å². The fourth-order valence-electron chi connectivity index (χ4n) is 2.80.